The molecule has 0 aromatic heterocycles. The molecule has 0 bridgehead atoms. The Morgan fingerprint density at radius 3 is 2.57 bits per heavy atom. The summed E-state index contributed by atoms with van der Waals surface area (Å²) in [6, 6.07) is 0. The average Bonchev–Trinajstić information content (AvgIpc) is 1.68. The van der Waals surface area contributed by atoms with Gasteiger partial charge in [-0.1, -0.05) is 5.22 Å². The van der Waals surface area contributed by atoms with Crippen molar-refractivity contribution in [1.29, 1.82) is 5.53 Å². The molecule has 40 valence electrons. The van der Waals surface area contributed by atoms with E-state index in [2.05, 4.69) is 17.0 Å². The zero-order chi connectivity index (χ0) is 5.70. The predicted octanol–water partition coefficient (Wildman–Crippen LogP) is -0.148. The van der Waals surface area contributed by atoms with Gasteiger partial charge < -0.3 is 5.21 Å². The number of nitrogens with one attached hydrogen (secondary N) is 2. The first kappa shape index (κ1) is 5.83. The molecule has 0 radical (unpaired) electrons. The van der Waals surface area contributed by atoms with Crippen LogP contribution in [0.25, 0.3) is 0 Å². The minimum Gasteiger partial charge on any atom is -0.720 e. The summed E-state index contributed by atoms with van der Waals surface area (Å²) in [5.41, 5.74) is 7.66. The molecule has 7 heavy (non-hydrogen) atoms. The molecular weight excluding hydrogens is 98.0 g/mol. The third-order valence-electron chi connectivity index (χ3n) is 0.264. The molecule has 0 aliphatic carbocycles. The zero-order valence-corrected chi connectivity index (χ0v) is 3.46. The number of hydrogen-bond acceptors (Lipinski definition) is 5. The van der Waals surface area contributed by atoms with Crippen molar-refractivity contribution in [3.63, 3.8) is 0 Å². The Balaban J connectivity index is 3.15. The third-order valence-corrected chi connectivity index (χ3v) is 0.264. The van der Waals surface area contributed by atoms with E-state index in [0.717, 1.165) is 0 Å². The highest BCUT2D eigenvalue weighted by Gasteiger charge is 1.67. The van der Waals surface area contributed by atoms with Crippen molar-refractivity contribution in [2.24, 2.45) is 10.3 Å². The van der Waals surface area contributed by atoms with E-state index >= 15 is 0 Å². The lowest BCUT2D eigenvalue weighted by Crippen LogP contribution is -2.20. The highest BCUT2D eigenvalue weighted by molar-refractivity contribution is 5.22. The van der Waals surface area contributed by atoms with Crippen LogP contribution in [0.1, 0.15) is 0 Å². The molecule has 0 aromatic rings. The molecule has 0 saturated carbocycles. The highest BCUT2D eigenvalue weighted by Crippen LogP contribution is 1.70. The normalized spacial score (nSPS) is 7.00. The van der Waals surface area contributed by atoms with Gasteiger partial charge in [0.05, 0.1) is 0 Å². The molecule has 0 aliphatic rings. The van der Waals surface area contributed by atoms with Crippen molar-refractivity contribution in [3.05, 3.63) is 5.21 Å². The maximum atomic E-state index is 9.77. The monoisotopic (exact) mass is 102 g/mol. The fraction of sp³-hybridized carbons (Fsp3) is 0. The number of nitrogens with zero attached hydrogens (tertiary/aromatic N) is 3. The van der Waals surface area contributed by atoms with Gasteiger partial charge in [-0.3, -0.25) is 5.28 Å². The first-order valence-corrected chi connectivity index (χ1v) is 1.37. The van der Waals surface area contributed by atoms with Gasteiger partial charge in [-0.2, -0.15) is 16.2 Å². The standard InChI is InChI=1S/CH4N5O/c1-3-6(7)5-4-2/h1H2,(H2,2,5)/q-1. The summed E-state index contributed by atoms with van der Waals surface area (Å²) in [5, 5.41) is 15.0. The summed E-state index contributed by atoms with van der Waals surface area (Å²) in [4.78, 5) is 0. The Bertz CT molecular complexity index is 70.5. The average molecular weight is 102 g/mol. The Hall–Kier alpha value is -1.17. The van der Waals surface area contributed by atoms with Crippen molar-refractivity contribution in [1.82, 2.24) is 10.8 Å². The lowest BCUT2D eigenvalue weighted by molar-refractivity contribution is 0.281. The van der Waals surface area contributed by atoms with Gasteiger partial charge in [0, 0.05) is 6.72 Å². The first-order valence-electron chi connectivity index (χ1n) is 1.37. The first-order chi connectivity index (χ1) is 3.31. The maximum absolute atomic E-state index is 9.77. The molecular formula is CH4N5O-. The molecule has 0 aromatic carbocycles. The molecule has 0 aliphatic heterocycles. The van der Waals surface area contributed by atoms with E-state index in [1.165, 1.54) is 0 Å². The molecule has 6 heteroatoms. The Kier molecular flexibility index (Phi) is 2.53. The minimum atomic E-state index is -0.0347. The second kappa shape index (κ2) is 3.04. The molecule has 0 fully saturated rings. The lowest BCUT2D eigenvalue weighted by atomic mass is 11.7. The van der Waals surface area contributed by atoms with Gasteiger partial charge in [-0.15, -0.1) is 0 Å². The van der Waals surface area contributed by atoms with Gasteiger partial charge in [0.1, 0.15) is 0 Å². The van der Waals surface area contributed by atoms with Crippen molar-refractivity contribution in [3.8, 4) is 0 Å². The molecule has 0 rings (SSSR count). The molecule has 0 heterocycles. The van der Waals surface area contributed by atoms with E-state index in [1.54, 1.807) is 5.53 Å². The smallest absolute Gasteiger partial charge is 0.0119 e. The Morgan fingerprint density at radius 2 is 2.43 bits per heavy atom. The van der Waals surface area contributed by atoms with Crippen molar-refractivity contribution >= 4 is 6.72 Å². The van der Waals surface area contributed by atoms with E-state index in [0.29, 0.717) is 0 Å². The van der Waals surface area contributed by atoms with E-state index in [-0.39, 0.29) is 5.28 Å². The van der Waals surface area contributed by atoms with Crippen LogP contribution in [0.5, 0.6) is 0 Å². The third kappa shape index (κ3) is 2.64. The number of hydrazine groups is 1. The van der Waals surface area contributed by atoms with Crippen LogP contribution in [0.4, 0.5) is 0 Å². The SMILES string of the molecule is C=NN([O-])NN=N. The molecule has 0 atom stereocenters. The van der Waals surface area contributed by atoms with Crippen LogP contribution in [-0.4, -0.2) is 12.0 Å². The van der Waals surface area contributed by atoms with E-state index in [1.807, 2.05) is 0 Å². The van der Waals surface area contributed by atoms with Gasteiger partial charge in [-0.25, -0.2) is 0 Å². The lowest BCUT2D eigenvalue weighted by Gasteiger charge is -2.18. The van der Waals surface area contributed by atoms with Gasteiger partial charge in [0.15, 0.2) is 0 Å². The van der Waals surface area contributed by atoms with Gasteiger partial charge in [-0.05, 0) is 0 Å². The number of hydrazone groups is 1. The summed E-state index contributed by atoms with van der Waals surface area (Å²) >= 11 is 0. The van der Waals surface area contributed by atoms with Crippen LogP contribution in [0.15, 0.2) is 10.3 Å². The zero-order valence-electron chi connectivity index (χ0n) is 3.46. The summed E-state index contributed by atoms with van der Waals surface area (Å²) in [7, 11) is 0. The van der Waals surface area contributed by atoms with Crippen LogP contribution in [-0.2, 0) is 0 Å². The number of hydrogen-bond donors (Lipinski definition) is 2. The predicted molar refractivity (Wildman–Crippen MR) is 23.0 cm³/mol. The van der Waals surface area contributed by atoms with Crippen LogP contribution >= 0.6 is 0 Å². The molecule has 0 saturated heterocycles. The van der Waals surface area contributed by atoms with Crippen LogP contribution in [0.3, 0.4) is 0 Å². The van der Waals surface area contributed by atoms with E-state index in [9.17, 15) is 5.21 Å². The maximum Gasteiger partial charge on any atom is 0.0119 e. The van der Waals surface area contributed by atoms with Crippen molar-refractivity contribution in [2.45, 2.75) is 0 Å². The summed E-state index contributed by atoms with van der Waals surface area (Å²) in [5.74, 6) is 0. The Labute approximate surface area is 39.8 Å². The van der Waals surface area contributed by atoms with E-state index in [4.69, 9.17) is 5.53 Å². The largest absolute Gasteiger partial charge is 0.720 e. The molecule has 0 spiro atoms. The van der Waals surface area contributed by atoms with E-state index < -0.39 is 0 Å². The minimum absolute atomic E-state index is 0.0347. The highest BCUT2D eigenvalue weighted by atomic mass is 16.6. The van der Waals surface area contributed by atoms with Gasteiger partial charge in [0.25, 0.3) is 0 Å². The molecule has 0 unspecified atom stereocenters. The second-order valence-electron chi connectivity index (χ2n) is 0.626. The van der Waals surface area contributed by atoms with Crippen LogP contribution in [0, 0.1) is 10.7 Å². The van der Waals surface area contributed by atoms with Gasteiger partial charge in [0.2, 0.25) is 0 Å². The summed E-state index contributed by atoms with van der Waals surface area (Å²) in [6.07, 6.45) is 0. The second-order valence-corrected chi connectivity index (χ2v) is 0.626. The molecule has 0 amide bonds. The van der Waals surface area contributed by atoms with Gasteiger partial charge >= 0.3 is 0 Å². The summed E-state index contributed by atoms with van der Waals surface area (Å²) < 4.78 is 0. The van der Waals surface area contributed by atoms with Crippen molar-refractivity contribution < 1.29 is 0 Å². The molecule has 2 N–H and O–H groups in total. The summed E-state index contributed by atoms with van der Waals surface area (Å²) in [6.45, 7) is 2.84. The molecule has 6 nitrogen and oxygen atoms in total. The quantitative estimate of drug-likeness (QED) is 0.295. The van der Waals surface area contributed by atoms with Crippen LogP contribution in [0.2, 0.25) is 0 Å². The Morgan fingerprint density at radius 1 is 1.86 bits per heavy atom. The fourth-order valence-corrected chi connectivity index (χ4v) is 0.0744. The van der Waals surface area contributed by atoms with Crippen LogP contribution < -0.4 is 5.53 Å². The topological polar surface area (TPSA) is 86.9 Å². The number of rotatable bonds is 3. The fourth-order valence-electron chi connectivity index (χ4n) is 0.0744. The van der Waals surface area contributed by atoms with Crippen molar-refractivity contribution in [2.75, 3.05) is 0 Å².